The summed E-state index contributed by atoms with van der Waals surface area (Å²) in [5.41, 5.74) is 3.81. The Hall–Kier alpha value is -2.89. The summed E-state index contributed by atoms with van der Waals surface area (Å²) >= 11 is 8.27. The fourth-order valence-corrected chi connectivity index (χ4v) is 6.90. The summed E-state index contributed by atoms with van der Waals surface area (Å²) in [7, 11) is -4.07. The molecule has 1 fully saturated rings. The number of fused-ring (bicyclic) bond motifs is 1. The number of hydrogen-bond donors (Lipinski definition) is 1. The smallest absolute Gasteiger partial charge is 0.270 e. The Morgan fingerprint density at radius 3 is 2.30 bits per heavy atom. The van der Waals surface area contributed by atoms with Gasteiger partial charge in [0.1, 0.15) is 0 Å². The second-order valence-corrected chi connectivity index (χ2v) is 12.6. The fraction of sp³-hybridized carbons (Fsp3) is 0.111. The van der Waals surface area contributed by atoms with Crippen LogP contribution in [0.2, 0.25) is 0 Å². The van der Waals surface area contributed by atoms with Crippen molar-refractivity contribution >= 4 is 67.5 Å². The predicted octanol–water partition coefficient (Wildman–Crippen LogP) is 6.33. The lowest BCUT2D eigenvalue weighted by atomic mass is 10.0. The molecule has 0 spiro atoms. The van der Waals surface area contributed by atoms with Gasteiger partial charge in [0.05, 0.1) is 27.1 Å². The minimum atomic E-state index is -4.07. The number of carbonyl (C=O) groups excluding carboxylic acids is 1. The van der Waals surface area contributed by atoms with Gasteiger partial charge in [-0.2, -0.15) is 8.42 Å². The van der Waals surface area contributed by atoms with E-state index >= 15 is 0 Å². The average molecular weight is 567 g/mol. The molecule has 5 rings (SSSR count). The molecule has 3 aromatic carbocycles. The lowest BCUT2D eigenvalue weighted by Crippen LogP contribution is -2.27. The van der Waals surface area contributed by atoms with E-state index < -0.39 is 10.1 Å². The summed E-state index contributed by atoms with van der Waals surface area (Å²) in [5, 5.41) is 0.862. The van der Waals surface area contributed by atoms with Gasteiger partial charge < -0.3 is 4.90 Å². The van der Waals surface area contributed by atoms with Crippen LogP contribution in [0.15, 0.2) is 106 Å². The van der Waals surface area contributed by atoms with Gasteiger partial charge >= 0.3 is 0 Å². The largest absolute Gasteiger partial charge is 0.335 e. The van der Waals surface area contributed by atoms with Gasteiger partial charge in [-0.15, -0.1) is 0 Å². The van der Waals surface area contributed by atoms with Gasteiger partial charge in [-0.1, -0.05) is 90.3 Å². The summed E-state index contributed by atoms with van der Waals surface area (Å²) in [4.78, 5) is 18.2. The second-order valence-electron chi connectivity index (χ2n) is 8.32. The van der Waals surface area contributed by atoms with Crippen LogP contribution < -0.4 is 9.80 Å². The highest BCUT2D eigenvalue weighted by Crippen LogP contribution is 2.48. The number of nitrogens with zero attached hydrogens (tertiary/aromatic N) is 2. The number of anilines is 2. The molecule has 1 amide bonds. The molecule has 6 nitrogen and oxygen atoms in total. The summed E-state index contributed by atoms with van der Waals surface area (Å²) in [5.74, 6) is -0.506. The standard InChI is InChI=1S/C27H22N2O4S4/c30-26-24(36-27(34)29(26)21-10-5-2-6-11-21)14-15-25-28(16-7-17-37(31,32)33)22-18-20(12-13-23(22)35-25)19-8-3-1-4-9-19/h1-6,8-15,18H,7,16-17H2,(H,31,32,33)/b24-14-,25-15+. The van der Waals surface area contributed by atoms with Crippen LogP contribution in [0.1, 0.15) is 6.42 Å². The second kappa shape index (κ2) is 10.8. The third kappa shape index (κ3) is 5.83. The third-order valence-electron chi connectivity index (χ3n) is 5.81. The SMILES string of the molecule is O=C1/C(=C/C=C2/Sc3ccc(-c4ccccc4)cc3N2CCCS(=O)(=O)O)SC(=S)N1c1ccccc1. The van der Waals surface area contributed by atoms with E-state index in [9.17, 15) is 17.8 Å². The first-order valence-corrected chi connectivity index (χ1v) is 15.1. The topological polar surface area (TPSA) is 77.9 Å². The molecule has 0 aromatic heterocycles. The highest BCUT2D eigenvalue weighted by atomic mass is 32.2. The van der Waals surface area contributed by atoms with Crippen molar-refractivity contribution in [2.45, 2.75) is 11.3 Å². The minimum Gasteiger partial charge on any atom is -0.335 e. The maximum absolute atomic E-state index is 13.1. The van der Waals surface area contributed by atoms with E-state index in [-0.39, 0.29) is 18.1 Å². The van der Waals surface area contributed by atoms with E-state index in [1.165, 1.54) is 16.7 Å². The molecule has 188 valence electrons. The van der Waals surface area contributed by atoms with Gasteiger partial charge in [0.15, 0.2) is 4.32 Å². The molecule has 10 heteroatoms. The molecule has 0 aliphatic carbocycles. The summed E-state index contributed by atoms with van der Waals surface area (Å²) in [6.45, 7) is 0.392. The minimum absolute atomic E-state index is 0.178. The van der Waals surface area contributed by atoms with Crippen molar-refractivity contribution in [1.29, 1.82) is 0 Å². The summed E-state index contributed by atoms with van der Waals surface area (Å²) in [6.07, 6.45) is 3.89. The quantitative estimate of drug-likeness (QED) is 0.202. The normalized spacial score (nSPS) is 17.8. The van der Waals surface area contributed by atoms with Crippen molar-refractivity contribution in [1.82, 2.24) is 0 Å². The Kier molecular flexibility index (Phi) is 7.55. The van der Waals surface area contributed by atoms with Crippen LogP contribution in [-0.4, -0.2) is 35.5 Å². The van der Waals surface area contributed by atoms with E-state index in [1.807, 2.05) is 77.7 Å². The third-order valence-corrected chi connectivity index (χ3v) is 9.06. The Labute approximate surface area is 229 Å². The van der Waals surface area contributed by atoms with E-state index in [2.05, 4.69) is 12.1 Å². The van der Waals surface area contributed by atoms with Crippen LogP contribution in [0.4, 0.5) is 11.4 Å². The molecule has 0 saturated carbocycles. The first kappa shape index (κ1) is 25.7. The molecular formula is C27H22N2O4S4. The highest BCUT2D eigenvalue weighted by Gasteiger charge is 2.33. The number of benzene rings is 3. The van der Waals surface area contributed by atoms with Crippen LogP contribution >= 0.6 is 35.7 Å². The molecule has 0 radical (unpaired) electrons. The van der Waals surface area contributed by atoms with Gasteiger partial charge in [0.25, 0.3) is 16.0 Å². The van der Waals surface area contributed by atoms with Gasteiger partial charge in [-0.05, 0) is 54.0 Å². The Balaban J connectivity index is 1.45. The van der Waals surface area contributed by atoms with Crippen LogP contribution in [0.25, 0.3) is 11.1 Å². The van der Waals surface area contributed by atoms with Crippen molar-refractivity contribution in [3.05, 3.63) is 101 Å². The molecule has 2 heterocycles. The van der Waals surface area contributed by atoms with Gasteiger partial charge in [0, 0.05) is 11.4 Å². The van der Waals surface area contributed by atoms with Gasteiger partial charge in [-0.25, -0.2) is 0 Å². The number of thioether (sulfide) groups is 2. The molecule has 1 saturated heterocycles. The highest BCUT2D eigenvalue weighted by molar-refractivity contribution is 8.27. The molecule has 1 N–H and O–H groups in total. The maximum Gasteiger partial charge on any atom is 0.270 e. The Morgan fingerprint density at radius 2 is 1.59 bits per heavy atom. The lowest BCUT2D eigenvalue weighted by molar-refractivity contribution is -0.113. The molecule has 2 aliphatic rings. The van der Waals surface area contributed by atoms with Crippen LogP contribution in [0.5, 0.6) is 0 Å². The number of hydrogen-bond acceptors (Lipinski definition) is 7. The molecular weight excluding hydrogens is 545 g/mol. The summed E-state index contributed by atoms with van der Waals surface area (Å²) < 4.78 is 32.4. The fourth-order valence-electron chi connectivity index (χ4n) is 4.10. The average Bonchev–Trinajstić information content (AvgIpc) is 3.38. The zero-order valence-corrected chi connectivity index (χ0v) is 22.7. The number of allylic oxidation sites excluding steroid dienone is 2. The van der Waals surface area contributed by atoms with Crippen LogP contribution in [0, 0.1) is 0 Å². The van der Waals surface area contributed by atoms with Gasteiger partial charge in [-0.3, -0.25) is 14.2 Å². The molecule has 0 unspecified atom stereocenters. The number of para-hydroxylation sites is 1. The van der Waals surface area contributed by atoms with Gasteiger partial charge in [0.2, 0.25) is 0 Å². The monoisotopic (exact) mass is 566 g/mol. The van der Waals surface area contributed by atoms with Crippen molar-refractivity contribution in [2.75, 3.05) is 22.1 Å². The van der Waals surface area contributed by atoms with Crippen LogP contribution in [-0.2, 0) is 14.9 Å². The van der Waals surface area contributed by atoms with Crippen molar-refractivity contribution in [3.8, 4) is 11.1 Å². The number of amides is 1. The molecule has 3 aromatic rings. The molecule has 0 bridgehead atoms. The Bertz CT molecular complexity index is 1520. The molecule has 2 aliphatic heterocycles. The van der Waals surface area contributed by atoms with E-state index in [4.69, 9.17) is 12.2 Å². The number of rotatable bonds is 7. The first-order chi connectivity index (χ1) is 17.8. The predicted molar refractivity (Wildman–Crippen MR) is 156 cm³/mol. The zero-order valence-electron chi connectivity index (χ0n) is 19.5. The lowest BCUT2D eigenvalue weighted by Gasteiger charge is -2.20. The zero-order chi connectivity index (χ0) is 26.0. The van der Waals surface area contributed by atoms with Crippen molar-refractivity contribution in [2.24, 2.45) is 0 Å². The maximum atomic E-state index is 13.1. The first-order valence-electron chi connectivity index (χ1n) is 11.4. The molecule has 0 atom stereocenters. The van der Waals surface area contributed by atoms with Crippen molar-refractivity contribution < 1.29 is 17.8 Å². The number of carbonyl (C=O) groups is 1. The van der Waals surface area contributed by atoms with Crippen molar-refractivity contribution in [3.63, 3.8) is 0 Å². The van der Waals surface area contributed by atoms with Crippen LogP contribution in [0.3, 0.4) is 0 Å². The summed E-state index contributed by atoms with van der Waals surface area (Å²) in [6, 6.07) is 25.5. The van der Waals surface area contributed by atoms with E-state index in [1.54, 1.807) is 17.8 Å². The van der Waals surface area contributed by atoms with E-state index in [0.29, 0.717) is 15.8 Å². The molecule has 37 heavy (non-hydrogen) atoms. The Morgan fingerprint density at radius 1 is 0.892 bits per heavy atom. The number of thiocarbonyl (C=S) groups is 1. The van der Waals surface area contributed by atoms with E-state index in [0.717, 1.165) is 32.4 Å².